The molecule has 3 unspecified atom stereocenters. The number of hydrogen-bond donors (Lipinski definition) is 4. The van der Waals surface area contributed by atoms with Crippen molar-refractivity contribution >= 4 is 38.4 Å². The summed E-state index contributed by atoms with van der Waals surface area (Å²) in [5, 5.41) is 22.8. The van der Waals surface area contributed by atoms with Crippen LogP contribution in [0.1, 0.15) is 24.8 Å². The van der Waals surface area contributed by atoms with Crippen LogP contribution in [0.15, 0.2) is 23.3 Å². The van der Waals surface area contributed by atoms with Gasteiger partial charge in [0, 0.05) is 0 Å². The Hall–Kier alpha value is -1.49. The first kappa shape index (κ1) is 39.7. The summed E-state index contributed by atoms with van der Waals surface area (Å²) in [6.07, 6.45) is -7.09. The number of nitrogens with zero attached hydrogens (tertiary/aromatic N) is 4. The van der Waals surface area contributed by atoms with Crippen LogP contribution in [0.5, 0.6) is 11.5 Å². The van der Waals surface area contributed by atoms with Gasteiger partial charge in [-0.2, -0.15) is 4.98 Å². The molecule has 21 nitrogen and oxygen atoms in total. The molecule has 4 rings (SSSR count). The minimum absolute atomic E-state index is 0. The average molecular weight is 696 g/mol. The Morgan fingerprint density at radius 2 is 1.84 bits per heavy atom. The number of phosphoric acid groups is 2. The van der Waals surface area contributed by atoms with Crippen molar-refractivity contribution in [1.82, 2.24) is 19.5 Å². The van der Waals surface area contributed by atoms with Gasteiger partial charge in [0.05, 0.1) is 49.8 Å². The van der Waals surface area contributed by atoms with E-state index in [0.717, 1.165) is 17.0 Å². The van der Waals surface area contributed by atoms with Gasteiger partial charge in [0.1, 0.15) is 18.3 Å². The normalized spacial score (nSPS) is 22.8. The number of fused-ring (bicyclic) bond motifs is 1. The number of nitrogens with two attached hydrogens (primary N) is 1. The van der Waals surface area contributed by atoms with Gasteiger partial charge in [0.2, 0.25) is 5.95 Å². The van der Waals surface area contributed by atoms with E-state index < -0.39 is 69.1 Å². The molecule has 2 aromatic heterocycles. The third kappa shape index (κ3) is 9.11. The number of aliphatic hydroxyl groups excluding tert-OH is 1. The summed E-state index contributed by atoms with van der Waals surface area (Å²) in [6.45, 7) is 0.790. The van der Waals surface area contributed by atoms with E-state index >= 15 is 0 Å². The summed E-state index contributed by atoms with van der Waals surface area (Å²) in [4.78, 5) is 65.4. The van der Waals surface area contributed by atoms with Crippen LogP contribution in [-0.4, -0.2) is 73.6 Å². The van der Waals surface area contributed by atoms with Crippen LogP contribution in [0.25, 0.3) is 11.2 Å². The number of methoxy groups -OCH3 is 2. The second-order valence-electron chi connectivity index (χ2n) is 8.90. The Morgan fingerprint density at radius 1 is 1.22 bits per heavy atom. The van der Waals surface area contributed by atoms with Crippen LogP contribution in [-0.2, 0) is 27.4 Å². The van der Waals surface area contributed by atoms with Gasteiger partial charge >= 0.3 is 59.1 Å². The van der Waals surface area contributed by atoms with Crippen LogP contribution < -0.4 is 89.7 Å². The van der Waals surface area contributed by atoms with E-state index in [9.17, 15) is 38.9 Å². The number of hydrogen-bond acceptors (Lipinski definition) is 17. The van der Waals surface area contributed by atoms with E-state index in [1.807, 2.05) is 0 Å². The standard InChI is InChI=1S/C20H26N6O15P2.2Na/c1-8(9-4-11(36-2)12(37-3)5-10(9)26(29)30)38-6-13-16(40-43(34,35)41-42(31,32)33)15(27)19(39-13)25-7-22-14-17(25)23-20(21)24-18(14)28;;/h4-5,7-8,13,15-16,19,27H,6H2,1-3H3,(H,34,35)(H2,31,32,33)(H3,21,23,24,28);;/q;2*+1/p-2/t8?,13-,15-,16-,19-;;/m1../s1. The largest absolute Gasteiger partial charge is 1.00 e. The molecular weight excluding hydrogens is 672 g/mol. The van der Waals surface area contributed by atoms with Crippen LogP contribution in [0, 0.1) is 10.1 Å². The average Bonchev–Trinajstić information content (AvgIpc) is 3.45. The maximum atomic E-state index is 12.2. The number of nitrogens with one attached hydrogen (secondary N) is 1. The van der Waals surface area contributed by atoms with Gasteiger partial charge < -0.3 is 49.0 Å². The maximum absolute atomic E-state index is 12.2. The Labute approximate surface area is 296 Å². The molecule has 25 heteroatoms. The molecule has 7 atom stereocenters. The predicted molar refractivity (Wildman–Crippen MR) is 136 cm³/mol. The number of ether oxygens (including phenoxy) is 4. The zero-order valence-electron chi connectivity index (χ0n) is 24.3. The van der Waals surface area contributed by atoms with E-state index in [0.29, 0.717) is 0 Å². The molecule has 0 radical (unpaired) electrons. The molecular formula is C20H24N6Na2O15P2. The van der Waals surface area contributed by atoms with Crippen LogP contribution >= 0.6 is 15.6 Å². The Balaban J connectivity index is 0.00000353. The van der Waals surface area contributed by atoms with E-state index in [2.05, 4.69) is 19.3 Å². The number of nitrogen functional groups attached to an aromatic ring is 1. The molecule has 0 amide bonds. The molecule has 236 valence electrons. The first-order chi connectivity index (χ1) is 20.0. The van der Waals surface area contributed by atoms with E-state index in [-0.39, 0.29) is 93.3 Å². The van der Waals surface area contributed by atoms with Gasteiger partial charge in [-0.05, 0) is 13.0 Å². The number of benzene rings is 1. The number of H-pyrrole nitrogens is 1. The van der Waals surface area contributed by atoms with Gasteiger partial charge in [-0.3, -0.25) is 33.6 Å². The van der Waals surface area contributed by atoms with Crippen molar-refractivity contribution in [3.63, 3.8) is 0 Å². The molecule has 0 aliphatic carbocycles. The predicted octanol–water partition coefficient (Wildman–Crippen LogP) is -7.00. The fraction of sp³-hybridized carbons (Fsp3) is 0.450. The number of aliphatic hydroxyl groups is 1. The summed E-state index contributed by atoms with van der Waals surface area (Å²) in [5.74, 6) is -0.122. The number of phosphoric ester groups is 1. The number of imidazole rings is 1. The fourth-order valence-corrected chi connectivity index (χ4v) is 6.06. The molecule has 45 heavy (non-hydrogen) atoms. The molecule has 1 fully saturated rings. The first-order valence-electron chi connectivity index (χ1n) is 11.9. The van der Waals surface area contributed by atoms with Crippen molar-refractivity contribution in [1.29, 1.82) is 0 Å². The molecule has 3 heterocycles. The minimum atomic E-state index is -5.86. The smallest absolute Gasteiger partial charge is 0.756 e. The number of nitro groups is 1. The van der Waals surface area contributed by atoms with Crippen molar-refractivity contribution in [2.45, 2.75) is 37.6 Å². The quantitative estimate of drug-likeness (QED) is 0.0592. The molecule has 0 bridgehead atoms. The number of rotatable bonds is 12. The third-order valence-corrected chi connectivity index (χ3v) is 8.29. The number of nitro benzene ring substituents is 1. The monoisotopic (exact) mass is 696 g/mol. The molecule has 1 saturated heterocycles. The van der Waals surface area contributed by atoms with E-state index in [4.69, 9.17) is 34.1 Å². The van der Waals surface area contributed by atoms with Crippen LogP contribution in [0.3, 0.4) is 0 Å². The van der Waals surface area contributed by atoms with Crippen molar-refractivity contribution in [2.75, 3.05) is 26.6 Å². The summed E-state index contributed by atoms with van der Waals surface area (Å²) in [6, 6.07) is 2.40. The minimum Gasteiger partial charge on any atom is -0.756 e. The number of anilines is 1. The van der Waals surface area contributed by atoms with Crippen LogP contribution in [0.4, 0.5) is 11.6 Å². The van der Waals surface area contributed by atoms with Crippen molar-refractivity contribution in [3.8, 4) is 11.5 Å². The molecule has 1 aliphatic rings. The zero-order chi connectivity index (χ0) is 31.9. The third-order valence-electron chi connectivity index (χ3n) is 6.17. The van der Waals surface area contributed by atoms with E-state index in [1.54, 1.807) is 0 Å². The van der Waals surface area contributed by atoms with Gasteiger partial charge in [-0.15, -0.1) is 0 Å². The second-order valence-corrected chi connectivity index (χ2v) is 11.6. The molecule has 5 N–H and O–H groups in total. The van der Waals surface area contributed by atoms with Gasteiger partial charge in [0.15, 0.2) is 28.9 Å². The number of aromatic amines is 1. The van der Waals surface area contributed by atoms with Gasteiger partial charge in [-0.1, -0.05) is 0 Å². The molecule has 0 spiro atoms. The fourth-order valence-electron chi connectivity index (χ4n) is 4.33. The zero-order valence-corrected chi connectivity index (χ0v) is 30.1. The molecule has 1 aromatic carbocycles. The summed E-state index contributed by atoms with van der Waals surface area (Å²) in [7, 11) is -9.13. The maximum Gasteiger partial charge on any atom is 1.00 e. The summed E-state index contributed by atoms with van der Waals surface area (Å²) >= 11 is 0. The van der Waals surface area contributed by atoms with Crippen molar-refractivity contribution in [3.05, 3.63) is 44.5 Å². The van der Waals surface area contributed by atoms with Gasteiger partial charge in [-0.25, -0.2) is 9.29 Å². The molecule has 0 saturated carbocycles. The SMILES string of the molecule is COc1cc(C(C)OC[C@H]2O[C@@H](n3cnc4c(=O)[nH]c(N)nc43)[C@H](O)[C@@H]2OP(=O)([O-])OP(=O)([O-])O)c([N+](=O)[O-])cc1OC.[Na+].[Na+]. The number of aromatic nitrogens is 4. The second kappa shape index (κ2) is 15.6. The van der Waals surface area contributed by atoms with Gasteiger partial charge in [0.25, 0.3) is 26.9 Å². The Bertz CT molecular complexity index is 1690. The Kier molecular flexibility index (Phi) is 13.8. The topological polar surface area (TPSA) is 309 Å². The van der Waals surface area contributed by atoms with Crippen LogP contribution in [0.2, 0.25) is 0 Å². The van der Waals surface area contributed by atoms with E-state index in [1.165, 1.54) is 27.2 Å². The molecule has 3 aromatic rings. The Morgan fingerprint density at radius 3 is 2.42 bits per heavy atom. The summed E-state index contributed by atoms with van der Waals surface area (Å²) < 4.78 is 54.5. The van der Waals surface area contributed by atoms with Crippen molar-refractivity contribution in [2.24, 2.45) is 0 Å². The molecule has 1 aliphatic heterocycles. The van der Waals surface area contributed by atoms with Crippen molar-refractivity contribution < 1.29 is 121 Å². The first-order valence-corrected chi connectivity index (χ1v) is 14.8. The summed E-state index contributed by atoms with van der Waals surface area (Å²) in [5.41, 5.74) is 4.06.